The lowest BCUT2D eigenvalue weighted by Gasteiger charge is -2.29. The summed E-state index contributed by atoms with van der Waals surface area (Å²) < 4.78 is 40.6. The van der Waals surface area contributed by atoms with Crippen LogP contribution in [0.15, 0.2) is 0 Å². The van der Waals surface area contributed by atoms with E-state index in [9.17, 15) is 9.36 Å². The first-order chi connectivity index (χ1) is 12.5. The van der Waals surface area contributed by atoms with Gasteiger partial charge in [-0.05, 0) is 59.3 Å². The van der Waals surface area contributed by atoms with E-state index in [2.05, 4.69) is 0 Å². The molecular formula is C18H35O7P. The quantitative estimate of drug-likeness (QED) is 0.340. The van der Waals surface area contributed by atoms with Gasteiger partial charge in [-0.15, -0.1) is 0 Å². The van der Waals surface area contributed by atoms with Crippen molar-refractivity contribution in [2.75, 3.05) is 26.4 Å². The molecule has 0 aromatic carbocycles. The molecule has 0 bridgehead atoms. The summed E-state index contributed by atoms with van der Waals surface area (Å²) in [6, 6.07) is 0. The minimum Gasteiger partial charge on any atom is -0.465 e. The van der Waals surface area contributed by atoms with Gasteiger partial charge in [0, 0.05) is 6.61 Å². The van der Waals surface area contributed by atoms with E-state index in [0.29, 0.717) is 12.8 Å². The molecule has 0 spiro atoms. The van der Waals surface area contributed by atoms with Crippen LogP contribution in [0.1, 0.15) is 66.2 Å². The standard InChI is InChI=1S/C18H35O7P/c1-5-15(25-17-11-9-10-14-22-17)12-13-16(18(19)21-6-2)26(20,23-7-3)24-8-4/h15-17H,5-14H2,1-4H3. The van der Waals surface area contributed by atoms with Crippen molar-refractivity contribution >= 4 is 13.6 Å². The Hall–Kier alpha value is -0.460. The van der Waals surface area contributed by atoms with Crippen LogP contribution < -0.4 is 0 Å². The zero-order chi connectivity index (χ0) is 19.4. The molecule has 154 valence electrons. The molecular weight excluding hydrogens is 359 g/mol. The lowest BCUT2D eigenvalue weighted by molar-refractivity contribution is -0.190. The summed E-state index contributed by atoms with van der Waals surface area (Å²) in [6.45, 7) is 8.55. The van der Waals surface area contributed by atoms with Crippen LogP contribution in [0.25, 0.3) is 0 Å². The van der Waals surface area contributed by atoms with Crippen molar-refractivity contribution in [3.05, 3.63) is 0 Å². The SMILES string of the molecule is CCOC(=O)C(CCC(CC)OC1CCCCO1)P(=O)(OCC)OCC. The molecule has 1 heterocycles. The summed E-state index contributed by atoms with van der Waals surface area (Å²) in [4.78, 5) is 12.4. The number of hydrogen-bond acceptors (Lipinski definition) is 7. The Labute approximate surface area is 157 Å². The van der Waals surface area contributed by atoms with Crippen molar-refractivity contribution in [2.24, 2.45) is 0 Å². The zero-order valence-electron chi connectivity index (χ0n) is 16.6. The second kappa shape index (κ2) is 12.8. The Kier molecular flexibility index (Phi) is 11.6. The molecule has 0 radical (unpaired) electrons. The minimum absolute atomic E-state index is 0.0771. The highest BCUT2D eigenvalue weighted by atomic mass is 31.2. The van der Waals surface area contributed by atoms with Gasteiger partial charge in [0.1, 0.15) is 0 Å². The Morgan fingerprint density at radius 2 is 1.77 bits per heavy atom. The van der Waals surface area contributed by atoms with E-state index in [1.165, 1.54) is 0 Å². The van der Waals surface area contributed by atoms with Crippen molar-refractivity contribution in [1.29, 1.82) is 0 Å². The molecule has 0 aromatic heterocycles. The van der Waals surface area contributed by atoms with E-state index in [1.54, 1.807) is 20.8 Å². The molecule has 0 saturated carbocycles. The van der Waals surface area contributed by atoms with Crippen molar-refractivity contribution in [3.8, 4) is 0 Å². The maximum atomic E-state index is 13.1. The summed E-state index contributed by atoms with van der Waals surface area (Å²) in [7, 11) is -3.59. The van der Waals surface area contributed by atoms with Gasteiger partial charge in [0.25, 0.3) is 0 Å². The molecule has 1 aliphatic heterocycles. The second-order valence-corrected chi connectivity index (χ2v) is 8.40. The Bertz CT molecular complexity index is 427. The van der Waals surface area contributed by atoms with E-state index < -0.39 is 19.2 Å². The van der Waals surface area contributed by atoms with Gasteiger partial charge in [-0.1, -0.05) is 6.92 Å². The van der Waals surface area contributed by atoms with Gasteiger partial charge in [0.2, 0.25) is 0 Å². The molecule has 3 unspecified atom stereocenters. The largest absolute Gasteiger partial charge is 0.465 e. The highest BCUT2D eigenvalue weighted by molar-refractivity contribution is 7.55. The number of rotatable bonds is 13. The molecule has 0 amide bonds. The van der Waals surface area contributed by atoms with Crippen LogP contribution in [0, 0.1) is 0 Å². The van der Waals surface area contributed by atoms with Crippen LogP contribution in [-0.4, -0.2) is 50.4 Å². The van der Waals surface area contributed by atoms with Crippen LogP contribution >= 0.6 is 7.60 Å². The van der Waals surface area contributed by atoms with Crippen LogP contribution in [-0.2, 0) is 32.6 Å². The third-order valence-electron chi connectivity index (χ3n) is 4.26. The first-order valence-corrected chi connectivity index (χ1v) is 11.4. The lowest BCUT2D eigenvalue weighted by atomic mass is 10.1. The number of carbonyl (C=O) groups is 1. The summed E-state index contributed by atoms with van der Waals surface area (Å²) in [5.74, 6) is -0.540. The zero-order valence-corrected chi connectivity index (χ0v) is 17.5. The van der Waals surface area contributed by atoms with Crippen molar-refractivity contribution < 1.29 is 32.6 Å². The van der Waals surface area contributed by atoms with E-state index in [4.69, 9.17) is 23.3 Å². The number of esters is 1. The molecule has 3 atom stereocenters. The van der Waals surface area contributed by atoms with Crippen LogP contribution in [0.2, 0.25) is 0 Å². The van der Waals surface area contributed by atoms with E-state index in [0.717, 1.165) is 32.3 Å². The fraction of sp³-hybridized carbons (Fsp3) is 0.944. The highest BCUT2D eigenvalue weighted by Crippen LogP contribution is 2.55. The Morgan fingerprint density at radius 3 is 2.27 bits per heavy atom. The normalized spacial score (nSPS) is 20.5. The van der Waals surface area contributed by atoms with Gasteiger partial charge in [-0.2, -0.15) is 0 Å². The molecule has 26 heavy (non-hydrogen) atoms. The summed E-state index contributed by atoms with van der Waals surface area (Å²) >= 11 is 0. The lowest BCUT2D eigenvalue weighted by Crippen LogP contribution is -2.30. The fourth-order valence-corrected chi connectivity index (χ4v) is 4.92. The van der Waals surface area contributed by atoms with Gasteiger partial charge in [-0.25, -0.2) is 0 Å². The molecule has 1 aliphatic rings. The number of ether oxygens (including phenoxy) is 3. The van der Waals surface area contributed by atoms with Crippen LogP contribution in [0.4, 0.5) is 0 Å². The first-order valence-electron chi connectivity index (χ1n) is 9.83. The molecule has 0 aromatic rings. The van der Waals surface area contributed by atoms with Crippen molar-refractivity contribution in [1.82, 2.24) is 0 Å². The maximum absolute atomic E-state index is 13.1. The maximum Gasteiger partial charge on any atom is 0.344 e. The van der Waals surface area contributed by atoms with E-state index in [-0.39, 0.29) is 32.2 Å². The summed E-state index contributed by atoms with van der Waals surface area (Å²) in [6.07, 6.45) is 4.43. The van der Waals surface area contributed by atoms with Gasteiger partial charge in [0.05, 0.1) is 25.9 Å². The van der Waals surface area contributed by atoms with Crippen LogP contribution in [0.3, 0.4) is 0 Å². The Morgan fingerprint density at radius 1 is 1.08 bits per heavy atom. The minimum atomic E-state index is -3.59. The number of hydrogen-bond donors (Lipinski definition) is 0. The van der Waals surface area contributed by atoms with Gasteiger partial charge < -0.3 is 23.3 Å². The third-order valence-corrected chi connectivity index (χ3v) is 6.73. The fourth-order valence-electron chi connectivity index (χ4n) is 2.97. The number of carbonyl (C=O) groups excluding carboxylic acids is 1. The monoisotopic (exact) mass is 394 g/mol. The van der Waals surface area contributed by atoms with Crippen LogP contribution in [0.5, 0.6) is 0 Å². The van der Waals surface area contributed by atoms with E-state index in [1.807, 2.05) is 6.92 Å². The molecule has 0 aliphatic carbocycles. The summed E-state index contributed by atoms with van der Waals surface area (Å²) in [5.41, 5.74) is -0.938. The molecule has 1 rings (SSSR count). The highest BCUT2D eigenvalue weighted by Gasteiger charge is 2.42. The molecule has 8 heteroatoms. The van der Waals surface area contributed by atoms with E-state index >= 15 is 0 Å². The van der Waals surface area contributed by atoms with Gasteiger partial charge >= 0.3 is 13.6 Å². The first kappa shape index (κ1) is 23.6. The third kappa shape index (κ3) is 7.65. The average Bonchev–Trinajstić information content (AvgIpc) is 2.62. The average molecular weight is 394 g/mol. The topological polar surface area (TPSA) is 80.3 Å². The van der Waals surface area contributed by atoms with Crippen molar-refractivity contribution in [3.63, 3.8) is 0 Å². The molecule has 7 nitrogen and oxygen atoms in total. The van der Waals surface area contributed by atoms with Gasteiger partial charge in [-0.3, -0.25) is 9.36 Å². The smallest absolute Gasteiger partial charge is 0.344 e. The molecule has 0 N–H and O–H groups in total. The Balaban J connectivity index is 2.76. The molecule has 1 fully saturated rings. The van der Waals surface area contributed by atoms with Gasteiger partial charge in [0.15, 0.2) is 11.9 Å². The predicted molar refractivity (Wildman–Crippen MR) is 99.3 cm³/mol. The predicted octanol–water partition coefficient (Wildman–Crippen LogP) is 4.29. The van der Waals surface area contributed by atoms with Crippen molar-refractivity contribution in [2.45, 2.75) is 84.3 Å². The summed E-state index contributed by atoms with van der Waals surface area (Å²) in [5, 5.41) is 0. The molecule has 1 saturated heterocycles. The second-order valence-electron chi connectivity index (χ2n) is 6.18.